The van der Waals surface area contributed by atoms with Crippen molar-refractivity contribution in [2.45, 2.75) is 46.6 Å². The molecule has 2 unspecified atom stereocenters. The molecule has 0 fully saturated rings. The summed E-state index contributed by atoms with van der Waals surface area (Å²) in [5.41, 5.74) is 0. The second-order valence-electron chi connectivity index (χ2n) is 3.65. The smallest absolute Gasteiger partial charge is 0.450 e. The Morgan fingerprint density at radius 2 is 1.85 bits per heavy atom. The molecule has 0 saturated carbocycles. The molecule has 0 aliphatic heterocycles. The Hall–Kier alpha value is -0.730. The average Bonchev–Trinajstić information content (AvgIpc) is 2.02. The van der Waals surface area contributed by atoms with E-state index in [1.165, 1.54) is 0 Å². The molecule has 0 rings (SSSR count). The monoisotopic (exact) mass is 188 g/mol. The first kappa shape index (κ1) is 12.3. The highest BCUT2D eigenvalue weighted by molar-refractivity contribution is 5.57. The summed E-state index contributed by atoms with van der Waals surface area (Å²) >= 11 is 0. The molecule has 3 nitrogen and oxygen atoms in total. The molecule has 3 heteroatoms. The van der Waals surface area contributed by atoms with E-state index >= 15 is 0 Å². The van der Waals surface area contributed by atoms with Gasteiger partial charge in [0.05, 0.1) is 0 Å². The van der Waals surface area contributed by atoms with Gasteiger partial charge >= 0.3 is 6.16 Å². The lowest BCUT2D eigenvalue weighted by molar-refractivity contribution is 0.0101. The number of hydrogen-bond donors (Lipinski definition) is 1. The number of rotatable bonds is 5. The van der Waals surface area contributed by atoms with E-state index in [2.05, 4.69) is 20.8 Å². The van der Waals surface area contributed by atoms with Gasteiger partial charge in [-0.1, -0.05) is 27.7 Å². The Bertz CT molecular complexity index is 154. The minimum absolute atomic E-state index is 0.150. The topological polar surface area (TPSA) is 46.5 Å². The molecular formula is C10H20O3. The highest BCUT2D eigenvalue weighted by Crippen LogP contribution is 2.23. The molecule has 2 atom stereocenters. The molecular weight excluding hydrogens is 168 g/mol. The van der Waals surface area contributed by atoms with E-state index in [1.54, 1.807) is 0 Å². The van der Waals surface area contributed by atoms with E-state index in [4.69, 9.17) is 9.84 Å². The summed E-state index contributed by atoms with van der Waals surface area (Å²) in [6, 6.07) is 0. The summed E-state index contributed by atoms with van der Waals surface area (Å²) in [5, 5.41) is 8.52. The van der Waals surface area contributed by atoms with E-state index in [0.29, 0.717) is 11.8 Å². The van der Waals surface area contributed by atoms with Crippen LogP contribution in [0.2, 0.25) is 0 Å². The first-order chi connectivity index (χ1) is 6.02. The van der Waals surface area contributed by atoms with E-state index in [1.807, 2.05) is 6.92 Å². The van der Waals surface area contributed by atoms with Gasteiger partial charge in [-0.25, -0.2) is 4.79 Å². The van der Waals surface area contributed by atoms with E-state index in [-0.39, 0.29) is 6.10 Å². The van der Waals surface area contributed by atoms with E-state index in [0.717, 1.165) is 12.8 Å². The Morgan fingerprint density at radius 1 is 1.31 bits per heavy atom. The molecule has 0 aliphatic carbocycles. The predicted octanol–water partition coefficient (Wildman–Crippen LogP) is 3.14. The Morgan fingerprint density at radius 3 is 2.08 bits per heavy atom. The van der Waals surface area contributed by atoms with Crippen LogP contribution in [0.3, 0.4) is 0 Å². The van der Waals surface area contributed by atoms with E-state index < -0.39 is 6.16 Å². The fourth-order valence-corrected chi connectivity index (χ4v) is 1.77. The molecule has 0 aromatic rings. The molecule has 13 heavy (non-hydrogen) atoms. The molecule has 0 saturated heterocycles. The van der Waals surface area contributed by atoms with Gasteiger partial charge in [0.2, 0.25) is 0 Å². The quantitative estimate of drug-likeness (QED) is 0.674. The van der Waals surface area contributed by atoms with Crippen molar-refractivity contribution >= 4 is 6.16 Å². The third-order valence-electron chi connectivity index (χ3n) is 2.46. The van der Waals surface area contributed by atoms with Crippen molar-refractivity contribution in [3.63, 3.8) is 0 Å². The molecule has 0 bridgehead atoms. The Balaban J connectivity index is 4.25. The van der Waals surface area contributed by atoms with Crippen molar-refractivity contribution in [2.75, 3.05) is 0 Å². The zero-order valence-corrected chi connectivity index (χ0v) is 8.91. The molecule has 0 aromatic heterocycles. The first-order valence-electron chi connectivity index (χ1n) is 4.92. The SMILES string of the molecule is CCC(OC(=O)O)C(CC)C(C)C. The number of carbonyl (C=O) groups is 1. The van der Waals surface area contributed by atoms with Crippen LogP contribution in [0.1, 0.15) is 40.5 Å². The average molecular weight is 188 g/mol. The van der Waals surface area contributed by atoms with Gasteiger partial charge in [0.1, 0.15) is 6.10 Å². The predicted molar refractivity (Wildman–Crippen MR) is 51.8 cm³/mol. The lowest BCUT2D eigenvalue weighted by Gasteiger charge is -2.27. The minimum Gasteiger partial charge on any atom is -0.450 e. The minimum atomic E-state index is -1.16. The summed E-state index contributed by atoms with van der Waals surface area (Å²) in [7, 11) is 0. The zero-order chi connectivity index (χ0) is 10.4. The molecule has 0 heterocycles. The maximum atomic E-state index is 10.4. The molecule has 0 spiro atoms. The first-order valence-corrected chi connectivity index (χ1v) is 4.92. The largest absolute Gasteiger partial charge is 0.506 e. The van der Waals surface area contributed by atoms with E-state index in [9.17, 15) is 4.79 Å². The van der Waals surface area contributed by atoms with Crippen LogP contribution >= 0.6 is 0 Å². The lowest BCUT2D eigenvalue weighted by Crippen LogP contribution is -2.29. The van der Waals surface area contributed by atoms with Crippen LogP contribution in [-0.4, -0.2) is 17.4 Å². The van der Waals surface area contributed by atoms with Gasteiger partial charge < -0.3 is 9.84 Å². The summed E-state index contributed by atoms with van der Waals surface area (Å²) in [5.74, 6) is 0.801. The van der Waals surface area contributed by atoms with Gasteiger partial charge in [-0.2, -0.15) is 0 Å². The van der Waals surface area contributed by atoms with Crippen molar-refractivity contribution in [3.8, 4) is 0 Å². The molecule has 0 radical (unpaired) electrons. The molecule has 1 N–H and O–H groups in total. The van der Waals surface area contributed by atoms with Crippen LogP contribution in [0.5, 0.6) is 0 Å². The normalized spacial score (nSPS) is 15.5. The van der Waals surface area contributed by atoms with Gasteiger partial charge in [-0.15, -0.1) is 0 Å². The highest BCUT2D eigenvalue weighted by Gasteiger charge is 2.24. The fourth-order valence-electron chi connectivity index (χ4n) is 1.77. The molecule has 0 aromatic carbocycles. The van der Waals surface area contributed by atoms with Gasteiger partial charge in [0.15, 0.2) is 0 Å². The third kappa shape index (κ3) is 4.15. The van der Waals surface area contributed by atoms with Crippen LogP contribution in [-0.2, 0) is 4.74 Å². The van der Waals surface area contributed by atoms with Crippen molar-refractivity contribution in [1.82, 2.24) is 0 Å². The second-order valence-corrected chi connectivity index (χ2v) is 3.65. The standard InChI is InChI=1S/C10H20O3/c1-5-8(7(3)4)9(6-2)13-10(11)12/h7-9H,5-6H2,1-4H3,(H,11,12). The highest BCUT2D eigenvalue weighted by atomic mass is 16.7. The summed E-state index contributed by atoms with van der Waals surface area (Å²) in [4.78, 5) is 10.4. The van der Waals surface area contributed by atoms with Crippen molar-refractivity contribution in [2.24, 2.45) is 11.8 Å². The lowest BCUT2D eigenvalue weighted by atomic mass is 9.87. The fraction of sp³-hybridized carbons (Fsp3) is 0.900. The zero-order valence-electron chi connectivity index (χ0n) is 8.91. The maximum Gasteiger partial charge on any atom is 0.506 e. The molecule has 78 valence electrons. The van der Waals surface area contributed by atoms with Crippen LogP contribution in [0.15, 0.2) is 0 Å². The molecule has 0 amide bonds. The van der Waals surface area contributed by atoms with Crippen LogP contribution in [0.4, 0.5) is 4.79 Å². The van der Waals surface area contributed by atoms with Gasteiger partial charge in [-0.05, 0) is 24.7 Å². The van der Waals surface area contributed by atoms with Crippen molar-refractivity contribution in [3.05, 3.63) is 0 Å². The number of hydrogen-bond acceptors (Lipinski definition) is 2. The number of ether oxygens (including phenoxy) is 1. The van der Waals surface area contributed by atoms with Crippen LogP contribution in [0, 0.1) is 11.8 Å². The molecule has 0 aliphatic rings. The third-order valence-corrected chi connectivity index (χ3v) is 2.46. The second kappa shape index (κ2) is 5.84. The van der Waals surface area contributed by atoms with Crippen molar-refractivity contribution < 1.29 is 14.6 Å². The van der Waals surface area contributed by atoms with Gasteiger partial charge in [0, 0.05) is 0 Å². The van der Waals surface area contributed by atoms with Crippen LogP contribution in [0.25, 0.3) is 0 Å². The van der Waals surface area contributed by atoms with Gasteiger partial charge in [-0.3, -0.25) is 0 Å². The summed E-state index contributed by atoms with van der Waals surface area (Å²) in [6.07, 6.45) is 0.403. The maximum absolute atomic E-state index is 10.4. The van der Waals surface area contributed by atoms with Crippen LogP contribution < -0.4 is 0 Å². The summed E-state index contributed by atoms with van der Waals surface area (Å²) < 4.78 is 4.83. The summed E-state index contributed by atoms with van der Waals surface area (Å²) in [6.45, 7) is 8.22. The van der Waals surface area contributed by atoms with Crippen molar-refractivity contribution in [1.29, 1.82) is 0 Å². The van der Waals surface area contributed by atoms with Gasteiger partial charge in [0.25, 0.3) is 0 Å². The number of carboxylic acid groups (broad SMARTS) is 1. The Kier molecular flexibility index (Phi) is 5.51. The Labute approximate surface area is 80.1 Å².